The smallest absolute Gasteiger partial charge is 0.451 e. The number of hydrogen-bond acceptors (Lipinski definition) is 6. The maximum Gasteiger partial charge on any atom is 0.451 e. The molecule has 0 fully saturated rings. The zero-order valence-electron chi connectivity index (χ0n) is 19.7. The first-order valence-corrected chi connectivity index (χ1v) is 12.5. The molecule has 0 radical (unpaired) electrons. The molecule has 0 saturated carbocycles. The molecular weight excluding hydrogens is 481 g/mol. The molecule has 2 N–H and O–H groups in total. The molecule has 0 aliphatic rings. The van der Waals surface area contributed by atoms with E-state index in [1.165, 1.54) is 25.3 Å². The van der Waals surface area contributed by atoms with Crippen LogP contribution in [0.2, 0.25) is 0 Å². The lowest BCUT2D eigenvalue weighted by Gasteiger charge is -2.14. The third kappa shape index (κ3) is 8.07. The molecule has 3 aromatic rings. The summed E-state index contributed by atoms with van der Waals surface area (Å²) in [6.45, 7) is 4.52. The Morgan fingerprint density at radius 1 is 0.971 bits per heavy atom. The largest absolute Gasteiger partial charge is 0.490 e. The van der Waals surface area contributed by atoms with Gasteiger partial charge in [0, 0.05) is 5.39 Å². The molecule has 2 aromatic carbocycles. The van der Waals surface area contributed by atoms with E-state index in [-0.39, 0.29) is 17.1 Å². The molecule has 0 bridgehead atoms. The molecule has 0 spiro atoms. The van der Waals surface area contributed by atoms with Gasteiger partial charge in [-0.2, -0.15) is 17.4 Å². The van der Waals surface area contributed by atoms with Crippen molar-refractivity contribution in [1.29, 1.82) is 0 Å². The standard InChI is InChI=1S/C24H29F3N4O3S/c1-3-4-5-6-7-10-15-33-20-14-13-17(2)16-21(20)34-35(32)31-30-22-18-11-8-9-12-19(18)28-23(29-22)24(25,26)27/h8-9,11-14,16,31H,3-7,10,15H2,1-2H3,(H,28,29,30). The number of unbranched alkanes of at least 4 members (excludes halogenated alkanes) is 5. The highest BCUT2D eigenvalue weighted by atomic mass is 32.2. The molecule has 0 aliphatic heterocycles. The van der Waals surface area contributed by atoms with Gasteiger partial charge in [-0.15, -0.1) is 4.83 Å². The number of nitrogens with zero attached hydrogens (tertiary/aromatic N) is 2. The Morgan fingerprint density at radius 3 is 2.49 bits per heavy atom. The Bertz CT molecular complexity index is 1140. The van der Waals surface area contributed by atoms with Crippen LogP contribution in [0, 0.1) is 6.92 Å². The highest BCUT2D eigenvalue weighted by molar-refractivity contribution is 7.78. The summed E-state index contributed by atoms with van der Waals surface area (Å²) in [5.74, 6) is -0.793. The summed E-state index contributed by atoms with van der Waals surface area (Å²) in [6, 6.07) is 11.5. The number of aromatic nitrogens is 2. The van der Waals surface area contributed by atoms with Crippen LogP contribution in [-0.2, 0) is 17.4 Å². The van der Waals surface area contributed by atoms with Gasteiger partial charge < -0.3 is 8.92 Å². The van der Waals surface area contributed by atoms with E-state index in [9.17, 15) is 17.4 Å². The zero-order chi connectivity index (χ0) is 25.3. The van der Waals surface area contributed by atoms with Crippen LogP contribution in [0.25, 0.3) is 10.9 Å². The molecule has 1 aromatic heterocycles. The fourth-order valence-corrected chi connectivity index (χ4v) is 3.87. The molecule has 1 atom stereocenters. The number of anilines is 1. The van der Waals surface area contributed by atoms with Crippen molar-refractivity contribution in [3.05, 3.63) is 53.9 Å². The van der Waals surface area contributed by atoms with Crippen molar-refractivity contribution in [3.63, 3.8) is 0 Å². The predicted octanol–water partition coefficient (Wildman–Crippen LogP) is 6.27. The summed E-state index contributed by atoms with van der Waals surface area (Å²) in [7, 11) is 0. The zero-order valence-corrected chi connectivity index (χ0v) is 20.5. The minimum atomic E-state index is -4.74. The van der Waals surface area contributed by atoms with Crippen molar-refractivity contribution in [3.8, 4) is 11.5 Å². The predicted molar refractivity (Wildman–Crippen MR) is 130 cm³/mol. The van der Waals surface area contributed by atoms with Gasteiger partial charge in [0.15, 0.2) is 17.3 Å². The Labute approximate surface area is 205 Å². The number of aryl methyl sites for hydroxylation is 1. The lowest BCUT2D eigenvalue weighted by molar-refractivity contribution is -0.144. The molecule has 7 nitrogen and oxygen atoms in total. The second kappa shape index (κ2) is 12.7. The molecule has 35 heavy (non-hydrogen) atoms. The van der Waals surface area contributed by atoms with E-state index in [0.29, 0.717) is 17.7 Å². The Morgan fingerprint density at radius 2 is 1.71 bits per heavy atom. The van der Waals surface area contributed by atoms with E-state index in [1.807, 2.05) is 13.0 Å². The topological polar surface area (TPSA) is 85.4 Å². The van der Waals surface area contributed by atoms with Gasteiger partial charge in [-0.05, 0) is 43.2 Å². The second-order valence-corrected chi connectivity index (χ2v) is 8.86. The van der Waals surface area contributed by atoms with Gasteiger partial charge in [-0.3, -0.25) is 5.43 Å². The van der Waals surface area contributed by atoms with Gasteiger partial charge >= 0.3 is 17.4 Å². The van der Waals surface area contributed by atoms with Crippen molar-refractivity contribution in [2.24, 2.45) is 0 Å². The summed E-state index contributed by atoms with van der Waals surface area (Å²) >= 11 is -2.16. The quantitative estimate of drug-likeness (QED) is 0.208. The van der Waals surface area contributed by atoms with Crippen molar-refractivity contribution in [2.75, 3.05) is 12.0 Å². The fraction of sp³-hybridized carbons (Fsp3) is 0.417. The van der Waals surface area contributed by atoms with E-state index in [1.54, 1.807) is 30.3 Å². The molecular formula is C24H29F3N4O3S. The third-order valence-electron chi connectivity index (χ3n) is 5.13. The van der Waals surface area contributed by atoms with Gasteiger partial charge in [-0.1, -0.05) is 57.2 Å². The van der Waals surface area contributed by atoms with Crippen molar-refractivity contribution in [2.45, 2.75) is 58.5 Å². The monoisotopic (exact) mass is 510 g/mol. The second-order valence-electron chi connectivity index (χ2n) is 8.02. The summed E-state index contributed by atoms with van der Waals surface area (Å²) in [6.07, 6.45) is 2.00. The van der Waals surface area contributed by atoms with Crippen LogP contribution >= 0.6 is 0 Å². The van der Waals surface area contributed by atoms with Crippen LogP contribution in [0.1, 0.15) is 56.8 Å². The molecule has 1 heterocycles. The van der Waals surface area contributed by atoms with Gasteiger partial charge in [0.25, 0.3) is 0 Å². The molecule has 190 valence electrons. The summed E-state index contributed by atoms with van der Waals surface area (Å²) in [5.41, 5.74) is 3.43. The summed E-state index contributed by atoms with van der Waals surface area (Å²) in [4.78, 5) is 9.43. The average Bonchev–Trinajstić information content (AvgIpc) is 2.82. The average molecular weight is 511 g/mol. The van der Waals surface area contributed by atoms with Crippen LogP contribution in [-0.4, -0.2) is 20.8 Å². The lowest BCUT2D eigenvalue weighted by atomic mass is 10.1. The van der Waals surface area contributed by atoms with Crippen LogP contribution in [0.4, 0.5) is 19.0 Å². The third-order valence-corrected chi connectivity index (χ3v) is 5.73. The molecule has 1 unspecified atom stereocenters. The van der Waals surface area contributed by atoms with Crippen LogP contribution in [0.3, 0.4) is 0 Å². The fourth-order valence-electron chi connectivity index (χ4n) is 3.36. The maximum absolute atomic E-state index is 13.2. The summed E-state index contributed by atoms with van der Waals surface area (Å²) in [5, 5.41) is 0.323. The van der Waals surface area contributed by atoms with Crippen LogP contribution < -0.4 is 19.2 Å². The van der Waals surface area contributed by atoms with E-state index >= 15 is 0 Å². The highest BCUT2D eigenvalue weighted by Gasteiger charge is 2.35. The van der Waals surface area contributed by atoms with Crippen molar-refractivity contribution in [1.82, 2.24) is 14.8 Å². The number of rotatable bonds is 13. The molecule has 0 aliphatic carbocycles. The number of fused-ring (bicyclic) bond motifs is 1. The molecule has 0 amide bonds. The van der Waals surface area contributed by atoms with Gasteiger partial charge in [0.1, 0.15) is 0 Å². The summed E-state index contributed by atoms with van der Waals surface area (Å²) < 4.78 is 63.4. The number of hydrazine groups is 1. The minimum Gasteiger partial charge on any atom is -0.490 e. The Hall–Kier alpha value is -2.92. The van der Waals surface area contributed by atoms with Gasteiger partial charge in [0.05, 0.1) is 12.1 Å². The molecule has 3 rings (SSSR count). The first kappa shape index (κ1) is 26.7. The maximum atomic E-state index is 13.2. The first-order valence-electron chi connectivity index (χ1n) is 11.5. The number of halogens is 3. The van der Waals surface area contributed by atoms with Crippen molar-refractivity contribution >= 4 is 28.0 Å². The lowest BCUT2D eigenvalue weighted by Crippen LogP contribution is -2.29. The Kier molecular flexibility index (Phi) is 9.67. The van der Waals surface area contributed by atoms with Gasteiger partial charge in [0.2, 0.25) is 5.82 Å². The van der Waals surface area contributed by atoms with E-state index in [4.69, 9.17) is 8.92 Å². The van der Waals surface area contributed by atoms with E-state index < -0.39 is 23.3 Å². The van der Waals surface area contributed by atoms with Gasteiger partial charge in [-0.25, -0.2) is 9.97 Å². The number of hydrogen-bond donors (Lipinski definition) is 2. The molecule has 11 heteroatoms. The number of para-hydroxylation sites is 1. The van der Waals surface area contributed by atoms with Crippen molar-refractivity contribution < 1.29 is 26.3 Å². The highest BCUT2D eigenvalue weighted by Crippen LogP contribution is 2.31. The number of alkyl halides is 3. The Balaban J connectivity index is 1.63. The number of ether oxygens (including phenoxy) is 1. The normalized spacial score (nSPS) is 12.5. The number of nitrogens with one attached hydrogen (secondary N) is 2. The van der Waals surface area contributed by atoms with E-state index in [0.717, 1.165) is 24.8 Å². The van der Waals surface area contributed by atoms with Crippen LogP contribution in [0.15, 0.2) is 42.5 Å². The number of benzene rings is 2. The molecule has 0 saturated heterocycles. The van der Waals surface area contributed by atoms with E-state index in [2.05, 4.69) is 27.1 Å². The first-order chi connectivity index (χ1) is 16.8. The SMILES string of the molecule is CCCCCCCCOc1ccc(C)cc1OS(=O)NNc1nc(C(F)(F)F)nc2ccccc12. The minimum absolute atomic E-state index is 0.0925. The van der Waals surface area contributed by atoms with Crippen LogP contribution in [0.5, 0.6) is 11.5 Å².